The summed E-state index contributed by atoms with van der Waals surface area (Å²) in [5.41, 5.74) is 0.424. The van der Waals surface area contributed by atoms with E-state index in [4.69, 9.17) is 9.47 Å². The zero-order valence-corrected chi connectivity index (χ0v) is 25.1. The first-order chi connectivity index (χ1) is 21.1. The predicted octanol–water partition coefficient (Wildman–Crippen LogP) is 5.34. The minimum atomic E-state index is -1.20. The molecule has 0 aliphatic rings. The van der Waals surface area contributed by atoms with E-state index in [0.29, 0.717) is 22.7 Å². The van der Waals surface area contributed by atoms with E-state index < -0.39 is 35.8 Å². The van der Waals surface area contributed by atoms with Gasteiger partial charge in [-0.3, -0.25) is 14.5 Å². The highest BCUT2D eigenvalue weighted by Gasteiger charge is 2.37. The molecule has 4 aromatic carbocycles. The predicted molar refractivity (Wildman–Crippen MR) is 165 cm³/mol. The summed E-state index contributed by atoms with van der Waals surface area (Å²) in [6.07, 6.45) is 0. The zero-order chi connectivity index (χ0) is 31.4. The molecule has 0 aliphatic carbocycles. The molecule has 226 valence electrons. The largest absolute Gasteiger partial charge is 0.497 e. The first-order valence-electron chi connectivity index (χ1n) is 14.0. The van der Waals surface area contributed by atoms with Crippen molar-refractivity contribution in [1.82, 2.24) is 25.5 Å². The van der Waals surface area contributed by atoms with Crippen LogP contribution in [0.4, 0.5) is 10.1 Å². The molecule has 0 radical (unpaired) electrons. The molecule has 0 spiro atoms. The molecule has 10 nitrogen and oxygen atoms in total. The molecule has 1 aromatic heterocycles. The average molecular weight is 597 g/mol. The maximum Gasteiger partial charge on any atom is 0.251 e. The van der Waals surface area contributed by atoms with Gasteiger partial charge in [0.15, 0.2) is 0 Å². The highest BCUT2D eigenvalue weighted by atomic mass is 19.1. The fourth-order valence-corrected chi connectivity index (χ4v) is 4.98. The molecule has 0 bridgehead atoms. The van der Waals surface area contributed by atoms with Crippen LogP contribution >= 0.6 is 0 Å². The lowest BCUT2D eigenvalue weighted by Crippen LogP contribution is -2.50. The van der Waals surface area contributed by atoms with E-state index in [-0.39, 0.29) is 11.4 Å². The molecule has 0 aliphatic heterocycles. The number of hydrogen-bond donors (Lipinski definition) is 1. The molecule has 1 heterocycles. The number of carbonyl (C=O) groups excluding carboxylic acids is 2. The molecule has 0 fully saturated rings. The first-order valence-corrected chi connectivity index (χ1v) is 14.0. The average Bonchev–Trinajstić information content (AvgIpc) is 3.46. The fraction of sp³-hybridized carbons (Fsp3) is 0.242. The van der Waals surface area contributed by atoms with Gasteiger partial charge in [0.05, 0.1) is 25.5 Å². The minimum Gasteiger partial charge on any atom is -0.497 e. The second kappa shape index (κ2) is 12.5. The highest BCUT2D eigenvalue weighted by Crippen LogP contribution is 2.39. The van der Waals surface area contributed by atoms with Crippen molar-refractivity contribution in [3.63, 3.8) is 0 Å². The number of hydrogen-bond acceptors (Lipinski definition) is 7. The summed E-state index contributed by atoms with van der Waals surface area (Å²) in [6.45, 7) is 5.19. The lowest BCUT2D eigenvalue weighted by molar-refractivity contribution is -0.128. The molecule has 1 atom stereocenters. The van der Waals surface area contributed by atoms with Crippen LogP contribution in [-0.4, -0.2) is 51.8 Å². The SMILES string of the molecule is COc1ccc(OC)c([C@@H](C(=O)NC(C)(C)C)N(C(=O)Cn2nnc(-c3ccccc3F)n2)c2cccc3ccccc23)c1. The van der Waals surface area contributed by atoms with E-state index in [0.717, 1.165) is 15.6 Å². The van der Waals surface area contributed by atoms with Crippen molar-refractivity contribution < 1.29 is 23.5 Å². The van der Waals surface area contributed by atoms with Crippen molar-refractivity contribution in [2.24, 2.45) is 0 Å². The number of fused-ring (bicyclic) bond motifs is 1. The number of rotatable bonds is 9. The number of anilines is 1. The van der Waals surface area contributed by atoms with Gasteiger partial charge < -0.3 is 14.8 Å². The molecule has 5 rings (SSSR count). The van der Waals surface area contributed by atoms with Gasteiger partial charge in [0.25, 0.3) is 5.91 Å². The summed E-state index contributed by atoms with van der Waals surface area (Å²) < 4.78 is 25.6. The maximum atomic E-state index is 14.5. The Morgan fingerprint density at radius 3 is 2.41 bits per heavy atom. The van der Waals surface area contributed by atoms with Gasteiger partial charge in [0, 0.05) is 16.5 Å². The number of aromatic nitrogens is 4. The Morgan fingerprint density at radius 1 is 0.955 bits per heavy atom. The molecule has 11 heteroatoms. The van der Waals surface area contributed by atoms with Crippen LogP contribution in [0.5, 0.6) is 11.5 Å². The Kier molecular flexibility index (Phi) is 8.57. The normalized spacial score (nSPS) is 12.0. The number of halogens is 1. The molecule has 44 heavy (non-hydrogen) atoms. The molecule has 1 N–H and O–H groups in total. The van der Waals surface area contributed by atoms with Gasteiger partial charge in [0.1, 0.15) is 29.9 Å². The molecule has 0 unspecified atom stereocenters. The Hall–Kier alpha value is -5.32. The van der Waals surface area contributed by atoms with Crippen LogP contribution in [0.15, 0.2) is 84.9 Å². The number of nitrogens with zero attached hydrogens (tertiary/aromatic N) is 5. The Morgan fingerprint density at radius 2 is 1.68 bits per heavy atom. The van der Waals surface area contributed by atoms with Crippen LogP contribution < -0.4 is 19.7 Å². The molecule has 0 saturated carbocycles. The standard InChI is InChI=1S/C33H33FN6O4/c1-33(2,3)35-32(42)30(25-19-22(43-4)17-18-28(25)44-5)40(27-16-10-12-21-11-6-7-13-23(21)27)29(41)20-39-37-31(36-38-39)24-14-8-9-15-26(24)34/h6-19,30H,20H2,1-5H3,(H,35,42)/t30-/m0/s1. The third-order valence-corrected chi connectivity index (χ3v) is 6.88. The quantitative estimate of drug-likeness (QED) is 0.245. The van der Waals surface area contributed by atoms with E-state index >= 15 is 0 Å². The number of amides is 2. The van der Waals surface area contributed by atoms with Gasteiger partial charge in [-0.15, -0.1) is 10.2 Å². The van der Waals surface area contributed by atoms with Gasteiger partial charge in [-0.1, -0.05) is 48.5 Å². The van der Waals surface area contributed by atoms with Crippen LogP contribution in [0.2, 0.25) is 0 Å². The third-order valence-electron chi connectivity index (χ3n) is 6.88. The van der Waals surface area contributed by atoms with Crippen molar-refractivity contribution in [2.75, 3.05) is 19.1 Å². The topological polar surface area (TPSA) is 111 Å². The lowest BCUT2D eigenvalue weighted by Gasteiger charge is -2.35. The number of methoxy groups -OCH3 is 2. The van der Waals surface area contributed by atoms with Crippen LogP contribution in [0, 0.1) is 5.82 Å². The van der Waals surface area contributed by atoms with Crippen LogP contribution in [-0.2, 0) is 16.1 Å². The molecule has 5 aromatic rings. The summed E-state index contributed by atoms with van der Waals surface area (Å²) in [4.78, 5) is 31.3. The third kappa shape index (κ3) is 6.36. The summed E-state index contributed by atoms with van der Waals surface area (Å²) >= 11 is 0. The number of carbonyl (C=O) groups is 2. The van der Waals surface area contributed by atoms with Gasteiger partial charge in [-0.25, -0.2) is 4.39 Å². The van der Waals surface area contributed by atoms with Crippen LogP contribution in [0.1, 0.15) is 32.4 Å². The highest BCUT2D eigenvalue weighted by molar-refractivity contribution is 6.08. The van der Waals surface area contributed by atoms with Crippen LogP contribution in [0.25, 0.3) is 22.2 Å². The summed E-state index contributed by atoms with van der Waals surface area (Å²) in [5.74, 6) is -0.573. The summed E-state index contributed by atoms with van der Waals surface area (Å²) in [6, 6.07) is 23.0. The van der Waals surface area contributed by atoms with E-state index in [2.05, 4.69) is 20.7 Å². The van der Waals surface area contributed by atoms with Crippen molar-refractivity contribution in [1.29, 1.82) is 0 Å². The number of nitrogens with one attached hydrogen (secondary N) is 1. The Bertz CT molecular complexity index is 1810. The fourth-order valence-electron chi connectivity index (χ4n) is 4.98. The lowest BCUT2D eigenvalue weighted by atomic mass is 9.98. The second-order valence-corrected chi connectivity index (χ2v) is 11.1. The van der Waals surface area contributed by atoms with Gasteiger partial charge in [-0.2, -0.15) is 4.80 Å². The number of ether oxygens (including phenoxy) is 2. The monoisotopic (exact) mass is 596 g/mol. The molecule has 2 amide bonds. The van der Waals surface area contributed by atoms with E-state index in [1.54, 1.807) is 36.4 Å². The molecule has 0 saturated heterocycles. The van der Waals surface area contributed by atoms with E-state index in [9.17, 15) is 14.0 Å². The van der Waals surface area contributed by atoms with Gasteiger partial charge in [-0.05, 0) is 67.8 Å². The molecular formula is C33H33FN6O4. The minimum absolute atomic E-state index is 0.0316. The second-order valence-electron chi connectivity index (χ2n) is 11.1. The Labute approximate surface area is 254 Å². The first kappa shape index (κ1) is 30.1. The smallest absolute Gasteiger partial charge is 0.251 e. The van der Waals surface area contributed by atoms with E-state index in [1.807, 2.05) is 57.2 Å². The van der Waals surface area contributed by atoms with Gasteiger partial charge in [0.2, 0.25) is 11.7 Å². The van der Waals surface area contributed by atoms with Gasteiger partial charge >= 0.3 is 0 Å². The van der Waals surface area contributed by atoms with Crippen molar-refractivity contribution in [2.45, 2.75) is 38.9 Å². The summed E-state index contributed by atoms with van der Waals surface area (Å²) in [7, 11) is 3.02. The van der Waals surface area contributed by atoms with Crippen molar-refractivity contribution >= 4 is 28.3 Å². The van der Waals surface area contributed by atoms with E-state index in [1.165, 1.54) is 31.3 Å². The maximum absolute atomic E-state index is 14.5. The Balaban J connectivity index is 1.68. The van der Waals surface area contributed by atoms with Crippen LogP contribution in [0.3, 0.4) is 0 Å². The van der Waals surface area contributed by atoms with Crippen molar-refractivity contribution in [3.05, 3.63) is 96.3 Å². The zero-order valence-electron chi connectivity index (χ0n) is 25.1. The molecular weight excluding hydrogens is 563 g/mol. The number of tetrazole rings is 1. The van der Waals surface area contributed by atoms with Crippen molar-refractivity contribution in [3.8, 4) is 22.9 Å². The number of benzene rings is 4. The summed E-state index contributed by atoms with van der Waals surface area (Å²) in [5, 5.41) is 16.9.